The van der Waals surface area contributed by atoms with Crippen LogP contribution < -0.4 is 4.90 Å². The molecule has 4 amide bonds. The third-order valence-electron chi connectivity index (χ3n) is 3.76. The average molecular weight is 308 g/mol. The number of amides is 4. The van der Waals surface area contributed by atoms with Crippen LogP contribution in [0, 0.1) is 0 Å². The maximum absolute atomic E-state index is 12.6. The molecule has 2 aromatic rings. The summed E-state index contributed by atoms with van der Waals surface area (Å²) in [7, 11) is 0. The molecule has 0 saturated carbocycles. The minimum absolute atomic E-state index is 0.262. The van der Waals surface area contributed by atoms with E-state index in [-0.39, 0.29) is 13.0 Å². The largest absolute Gasteiger partial charge is 0.338 e. The van der Waals surface area contributed by atoms with Crippen molar-refractivity contribution >= 4 is 23.5 Å². The summed E-state index contributed by atoms with van der Waals surface area (Å²) >= 11 is 0. The van der Waals surface area contributed by atoms with Crippen LogP contribution in [0.3, 0.4) is 0 Å². The molecular weight excluding hydrogens is 292 g/mol. The normalized spacial score (nSPS) is 15.2. The highest BCUT2D eigenvalue weighted by Gasteiger charge is 2.38. The van der Waals surface area contributed by atoms with Gasteiger partial charge in [0.15, 0.2) is 0 Å². The van der Waals surface area contributed by atoms with Gasteiger partial charge in [0.1, 0.15) is 6.42 Å². The summed E-state index contributed by atoms with van der Waals surface area (Å²) < 4.78 is 0. The number of barbiturate groups is 1. The van der Waals surface area contributed by atoms with Gasteiger partial charge in [-0.15, -0.1) is 0 Å². The van der Waals surface area contributed by atoms with Gasteiger partial charge in [0.2, 0.25) is 11.8 Å². The van der Waals surface area contributed by atoms with Crippen LogP contribution in [0.5, 0.6) is 0 Å². The zero-order valence-electron chi connectivity index (χ0n) is 12.5. The Balaban J connectivity index is 1.78. The van der Waals surface area contributed by atoms with Crippen LogP contribution >= 0.6 is 0 Å². The van der Waals surface area contributed by atoms with Gasteiger partial charge in [0, 0.05) is 6.54 Å². The third-order valence-corrected chi connectivity index (χ3v) is 3.76. The number of anilines is 1. The van der Waals surface area contributed by atoms with E-state index < -0.39 is 17.8 Å². The van der Waals surface area contributed by atoms with Crippen LogP contribution in [-0.2, 0) is 16.0 Å². The van der Waals surface area contributed by atoms with E-state index in [0.717, 1.165) is 15.4 Å². The van der Waals surface area contributed by atoms with Crippen LogP contribution in [0.4, 0.5) is 10.5 Å². The van der Waals surface area contributed by atoms with Gasteiger partial charge in [-0.25, -0.2) is 9.69 Å². The first kappa shape index (κ1) is 15.0. The molecule has 1 aliphatic rings. The Morgan fingerprint density at radius 3 is 2.04 bits per heavy atom. The van der Waals surface area contributed by atoms with Crippen molar-refractivity contribution in [3.05, 3.63) is 66.2 Å². The number of rotatable bonds is 4. The second-order valence-electron chi connectivity index (χ2n) is 5.31. The van der Waals surface area contributed by atoms with E-state index in [1.54, 1.807) is 30.3 Å². The van der Waals surface area contributed by atoms with Crippen molar-refractivity contribution in [2.75, 3.05) is 11.4 Å². The number of carbonyl (C=O) groups excluding carboxylic acids is 3. The van der Waals surface area contributed by atoms with E-state index in [9.17, 15) is 14.4 Å². The van der Waals surface area contributed by atoms with E-state index >= 15 is 0 Å². The van der Waals surface area contributed by atoms with Gasteiger partial charge >= 0.3 is 6.03 Å². The van der Waals surface area contributed by atoms with Crippen molar-refractivity contribution in [1.29, 1.82) is 0 Å². The van der Waals surface area contributed by atoms with E-state index in [1.165, 1.54) is 0 Å². The topological polar surface area (TPSA) is 57.7 Å². The van der Waals surface area contributed by atoms with Gasteiger partial charge in [-0.05, 0) is 24.1 Å². The van der Waals surface area contributed by atoms with E-state index in [2.05, 4.69) is 0 Å². The average Bonchev–Trinajstić information content (AvgIpc) is 2.56. The highest BCUT2D eigenvalue weighted by atomic mass is 16.2. The molecule has 0 unspecified atom stereocenters. The molecule has 1 saturated heterocycles. The molecule has 116 valence electrons. The summed E-state index contributed by atoms with van der Waals surface area (Å²) in [5, 5.41) is 0. The molecule has 1 fully saturated rings. The Bertz CT molecular complexity index is 728. The number of para-hydroxylation sites is 1. The SMILES string of the molecule is O=C1CC(=O)N(c2ccccc2)C(=O)N1CCc1ccccc1. The number of hydrogen-bond donors (Lipinski definition) is 0. The fraction of sp³-hybridized carbons (Fsp3) is 0.167. The van der Waals surface area contributed by atoms with E-state index in [4.69, 9.17) is 0 Å². The van der Waals surface area contributed by atoms with Crippen LogP contribution in [0.25, 0.3) is 0 Å². The summed E-state index contributed by atoms with van der Waals surface area (Å²) in [6, 6.07) is 17.7. The molecule has 0 N–H and O–H groups in total. The lowest BCUT2D eigenvalue weighted by Gasteiger charge is -2.32. The number of hydrogen-bond acceptors (Lipinski definition) is 3. The van der Waals surface area contributed by atoms with Crippen molar-refractivity contribution in [1.82, 2.24) is 4.90 Å². The van der Waals surface area contributed by atoms with Crippen molar-refractivity contribution < 1.29 is 14.4 Å². The van der Waals surface area contributed by atoms with Gasteiger partial charge in [-0.1, -0.05) is 48.5 Å². The zero-order valence-corrected chi connectivity index (χ0v) is 12.5. The summed E-state index contributed by atoms with van der Waals surface area (Å²) in [5.41, 5.74) is 1.52. The Morgan fingerprint density at radius 1 is 0.783 bits per heavy atom. The fourth-order valence-corrected chi connectivity index (χ4v) is 2.58. The monoisotopic (exact) mass is 308 g/mol. The molecule has 5 nitrogen and oxygen atoms in total. The van der Waals surface area contributed by atoms with Gasteiger partial charge in [0.05, 0.1) is 5.69 Å². The Kier molecular flexibility index (Phi) is 4.19. The minimum Gasteiger partial charge on any atom is -0.274 e. The highest BCUT2D eigenvalue weighted by Crippen LogP contribution is 2.21. The van der Waals surface area contributed by atoms with E-state index in [1.807, 2.05) is 30.3 Å². The lowest BCUT2D eigenvalue weighted by molar-refractivity contribution is -0.134. The molecule has 0 spiro atoms. The zero-order chi connectivity index (χ0) is 16.2. The molecule has 5 heteroatoms. The highest BCUT2D eigenvalue weighted by molar-refractivity contribution is 6.26. The molecule has 0 aromatic heterocycles. The summed E-state index contributed by atoms with van der Waals surface area (Å²) in [4.78, 5) is 39.0. The second-order valence-corrected chi connectivity index (χ2v) is 5.31. The van der Waals surface area contributed by atoms with E-state index in [0.29, 0.717) is 12.1 Å². The van der Waals surface area contributed by atoms with Crippen LogP contribution in [0.2, 0.25) is 0 Å². The van der Waals surface area contributed by atoms with Gasteiger partial charge < -0.3 is 0 Å². The number of nitrogens with zero attached hydrogens (tertiary/aromatic N) is 2. The van der Waals surface area contributed by atoms with Gasteiger partial charge in [-0.3, -0.25) is 14.5 Å². The first-order valence-corrected chi connectivity index (χ1v) is 7.43. The van der Waals surface area contributed by atoms with Crippen LogP contribution in [0.15, 0.2) is 60.7 Å². The molecule has 2 aromatic carbocycles. The fourth-order valence-electron chi connectivity index (χ4n) is 2.58. The quantitative estimate of drug-likeness (QED) is 0.816. The number of urea groups is 1. The molecule has 3 rings (SSSR count). The Hall–Kier alpha value is -2.95. The first-order chi connectivity index (χ1) is 11.2. The van der Waals surface area contributed by atoms with Gasteiger partial charge in [0.25, 0.3) is 0 Å². The molecule has 1 heterocycles. The second kappa shape index (κ2) is 6.44. The molecule has 0 radical (unpaired) electrons. The first-order valence-electron chi connectivity index (χ1n) is 7.43. The molecule has 0 bridgehead atoms. The Morgan fingerprint density at radius 2 is 1.39 bits per heavy atom. The maximum atomic E-state index is 12.6. The standard InChI is InChI=1S/C18H16N2O3/c21-16-13-17(22)20(15-9-5-2-6-10-15)18(23)19(16)12-11-14-7-3-1-4-8-14/h1-10H,11-13H2. The summed E-state index contributed by atoms with van der Waals surface area (Å²) in [6.45, 7) is 0.262. The van der Waals surface area contributed by atoms with Gasteiger partial charge in [-0.2, -0.15) is 0 Å². The smallest absolute Gasteiger partial charge is 0.274 e. The summed E-state index contributed by atoms with van der Waals surface area (Å²) in [5.74, 6) is -0.926. The summed E-state index contributed by atoms with van der Waals surface area (Å²) in [6.07, 6.45) is 0.282. The maximum Gasteiger partial charge on any atom is 0.338 e. The van der Waals surface area contributed by atoms with Crippen molar-refractivity contribution in [2.24, 2.45) is 0 Å². The number of imide groups is 2. The third kappa shape index (κ3) is 3.13. The van der Waals surface area contributed by atoms with Crippen LogP contribution in [-0.4, -0.2) is 29.3 Å². The number of benzene rings is 2. The van der Waals surface area contributed by atoms with Crippen molar-refractivity contribution in [3.8, 4) is 0 Å². The predicted molar refractivity (Wildman–Crippen MR) is 85.8 cm³/mol. The molecule has 0 aliphatic carbocycles. The predicted octanol–water partition coefficient (Wildman–Crippen LogP) is 2.61. The van der Waals surface area contributed by atoms with Crippen molar-refractivity contribution in [2.45, 2.75) is 12.8 Å². The van der Waals surface area contributed by atoms with Crippen molar-refractivity contribution in [3.63, 3.8) is 0 Å². The molecule has 0 atom stereocenters. The lowest BCUT2D eigenvalue weighted by atomic mass is 10.1. The molecule has 1 aliphatic heterocycles. The Labute approximate surface area is 134 Å². The minimum atomic E-state index is -0.576. The number of carbonyl (C=O) groups is 3. The molecule has 23 heavy (non-hydrogen) atoms. The molecular formula is C18H16N2O3. The van der Waals surface area contributed by atoms with Crippen LogP contribution in [0.1, 0.15) is 12.0 Å². The lowest BCUT2D eigenvalue weighted by Crippen LogP contribution is -2.55.